The van der Waals surface area contributed by atoms with E-state index in [2.05, 4.69) is 15.0 Å². The van der Waals surface area contributed by atoms with Gasteiger partial charge in [0.2, 0.25) is 0 Å². The molecule has 1 unspecified atom stereocenters. The van der Waals surface area contributed by atoms with Gasteiger partial charge in [0.25, 0.3) is 0 Å². The molecule has 58 valence electrons. The van der Waals surface area contributed by atoms with Crippen LogP contribution in [0.4, 0.5) is 0 Å². The third-order valence-corrected chi connectivity index (χ3v) is 2.01. The van der Waals surface area contributed by atoms with Crippen LogP contribution in [0.25, 0.3) is 0 Å². The summed E-state index contributed by atoms with van der Waals surface area (Å²) in [5, 5.41) is 0. The molecular weight excluding hydrogens is 140 g/mol. The van der Waals surface area contributed by atoms with E-state index in [1.165, 1.54) is 0 Å². The molecule has 0 amide bonds. The first-order valence-corrected chi connectivity index (χ1v) is 3.69. The smallest absolute Gasteiger partial charge is 0.131 e. The Bertz CT molecular complexity index is 251. The number of aliphatic imine (C=N–C) groups is 3. The van der Waals surface area contributed by atoms with Crippen LogP contribution < -0.4 is 5.73 Å². The molecule has 4 nitrogen and oxygen atoms in total. The van der Waals surface area contributed by atoms with Crippen LogP contribution in [0.2, 0.25) is 0 Å². The average Bonchev–Trinajstić information content (AvgIpc) is 2.06. The fraction of sp³-hybridized carbons (Fsp3) is 0.571. The molecule has 11 heavy (non-hydrogen) atoms. The van der Waals surface area contributed by atoms with Gasteiger partial charge in [0.15, 0.2) is 0 Å². The summed E-state index contributed by atoms with van der Waals surface area (Å²) in [4.78, 5) is 12.4. The van der Waals surface area contributed by atoms with Gasteiger partial charge in [0.05, 0.1) is 12.5 Å². The molecule has 0 bridgehead atoms. The molecule has 0 fully saturated rings. The highest BCUT2D eigenvalue weighted by atomic mass is 15.0. The van der Waals surface area contributed by atoms with Crippen molar-refractivity contribution in [3.63, 3.8) is 0 Å². The van der Waals surface area contributed by atoms with Crippen molar-refractivity contribution in [2.45, 2.75) is 6.42 Å². The zero-order valence-electron chi connectivity index (χ0n) is 6.20. The van der Waals surface area contributed by atoms with Gasteiger partial charge in [-0.3, -0.25) is 9.98 Å². The lowest BCUT2D eigenvalue weighted by molar-refractivity contribution is 0.845. The zero-order valence-corrected chi connectivity index (χ0v) is 6.20. The second kappa shape index (κ2) is 2.45. The lowest BCUT2D eigenvalue weighted by atomic mass is 9.96. The molecule has 0 saturated carbocycles. The van der Waals surface area contributed by atoms with E-state index >= 15 is 0 Å². The molecule has 2 rings (SSSR count). The molecular formula is C7H10N4. The van der Waals surface area contributed by atoms with Crippen LogP contribution >= 0.6 is 0 Å². The van der Waals surface area contributed by atoms with Crippen molar-refractivity contribution >= 4 is 17.8 Å². The van der Waals surface area contributed by atoms with Crippen molar-refractivity contribution in [1.82, 2.24) is 0 Å². The first-order chi connectivity index (χ1) is 5.38. The molecule has 0 aromatic carbocycles. The Balaban J connectivity index is 2.27. The van der Waals surface area contributed by atoms with Gasteiger partial charge in [-0.1, -0.05) is 0 Å². The van der Waals surface area contributed by atoms with Crippen LogP contribution in [0, 0.1) is 5.92 Å². The van der Waals surface area contributed by atoms with Crippen molar-refractivity contribution in [2.24, 2.45) is 26.6 Å². The van der Waals surface area contributed by atoms with Gasteiger partial charge in [-0.25, -0.2) is 4.99 Å². The summed E-state index contributed by atoms with van der Waals surface area (Å²) in [5.74, 6) is 0.974. The summed E-state index contributed by atoms with van der Waals surface area (Å²) in [7, 11) is 0. The minimum atomic E-state index is 0.251. The SMILES string of the molecule is NC1=NCN=C2CN=CCC12. The molecule has 1 atom stereocenters. The van der Waals surface area contributed by atoms with Crippen LogP contribution in [0.15, 0.2) is 15.0 Å². The number of hydrogen-bond acceptors (Lipinski definition) is 4. The predicted molar refractivity (Wildman–Crippen MR) is 45.4 cm³/mol. The van der Waals surface area contributed by atoms with Gasteiger partial charge in [-0.05, 0) is 6.42 Å². The summed E-state index contributed by atoms with van der Waals surface area (Å²) in [6, 6.07) is 0. The van der Waals surface area contributed by atoms with E-state index in [4.69, 9.17) is 5.73 Å². The fourth-order valence-electron chi connectivity index (χ4n) is 1.35. The number of nitrogens with two attached hydrogens (primary N) is 1. The Hall–Kier alpha value is -1.19. The normalized spacial score (nSPS) is 28.9. The molecule has 0 saturated heterocycles. The largest absolute Gasteiger partial charge is 0.387 e. The Kier molecular flexibility index (Phi) is 1.45. The van der Waals surface area contributed by atoms with Crippen LogP contribution in [0.1, 0.15) is 6.42 Å². The zero-order chi connectivity index (χ0) is 7.68. The van der Waals surface area contributed by atoms with Crippen molar-refractivity contribution < 1.29 is 0 Å². The highest BCUT2D eigenvalue weighted by molar-refractivity contribution is 6.10. The Morgan fingerprint density at radius 2 is 2.36 bits per heavy atom. The summed E-state index contributed by atoms with van der Waals surface area (Å²) in [6.45, 7) is 1.20. The van der Waals surface area contributed by atoms with Gasteiger partial charge in [-0.15, -0.1) is 0 Å². The summed E-state index contributed by atoms with van der Waals surface area (Å²) in [5.41, 5.74) is 6.79. The van der Waals surface area contributed by atoms with E-state index in [0.717, 1.165) is 18.0 Å². The number of fused-ring (bicyclic) bond motifs is 1. The Morgan fingerprint density at radius 1 is 1.45 bits per heavy atom. The van der Waals surface area contributed by atoms with Crippen LogP contribution in [-0.4, -0.2) is 31.0 Å². The van der Waals surface area contributed by atoms with E-state index in [9.17, 15) is 0 Å². The maximum absolute atomic E-state index is 5.70. The lowest BCUT2D eigenvalue weighted by Crippen LogP contribution is -2.37. The maximum atomic E-state index is 5.70. The van der Waals surface area contributed by atoms with E-state index in [1.54, 1.807) is 0 Å². The molecule has 4 heteroatoms. The second-order valence-electron chi connectivity index (χ2n) is 2.69. The maximum Gasteiger partial charge on any atom is 0.131 e. The lowest BCUT2D eigenvalue weighted by Gasteiger charge is -2.22. The quantitative estimate of drug-likeness (QED) is 0.512. The monoisotopic (exact) mass is 150 g/mol. The van der Waals surface area contributed by atoms with E-state index in [0.29, 0.717) is 13.2 Å². The summed E-state index contributed by atoms with van der Waals surface area (Å²) in [6.07, 6.45) is 2.77. The molecule has 0 radical (unpaired) electrons. The average molecular weight is 150 g/mol. The Labute approximate surface area is 64.9 Å². The third kappa shape index (κ3) is 1.04. The minimum absolute atomic E-state index is 0.251. The van der Waals surface area contributed by atoms with Crippen molar-refractivity contribution in [3.8, 4) is 0 Å². The molecule has 0 spiro atoms. The van der Waals surface area contributed by atoms with Crippen molar-refractivity contribution in [3.05, 3.63) is 0 Å². The standard InChI is InChI=1S/C7H10N4/c8-7-5-1-2-9-3-6(5)10-4-11-7/h2,5H,1,3-4H2,(H2,8,11). The van der Waals surface area contributed by atoms with Crippen LogP contribution in [-0.2, 0) is 0 Å². The molecule has 0 aromatic rings. The molecule has 2 N–H and O–H groups in total. The van der Waals surface area contributed by atoms with Gasteiger partial charge >= 0.3 is 0 Å². The highest BCUT2D eigenvalue weighted by Gasteiger charge is 2.23. The van der Waals surface area contributed by atoms with Gasteiger partial charge in [-0.2, -0.15) is 0 Å². The van der Waals surface area contributed by atoms with Crippen molar-refractivity contribution in [2.75, 3.05) is 13.2 Å². The van der Waals surface area contributed by atoms with Crippen LogP contribution in [0.5, 0.6) is 0 Å². The Morgan fingerprint density at radius 3 is 3.18 bits per heavy atom. The third-order valence-electron chi connectivity index (χ3n) is 2.01. The molecule has 0 aromatic heterocycles. The highest BCUT2D eigenvalue weighted by Crippen LogP contribution is 2.13. The molecule has 0 aliphatic carbocycles. The van der Waals surface area contributed by atoms with E-state index < -0.39 is 0 Å². The first kappa shape index (κ1) is 6.52. The van der Waals surface area contributed by atoms with Crippen molar-refractivity contribution in [1.29, 1.82) is 0 Å². The predicted octanol–water partition coefficient (Wildman–Crippen LogP) is -0.154. The molecule has 2 aliphatic heterocycles. The second-order valence-corrected chi connectivity index (χ2v) is 2.69. The number of rotatable bonds is 0. The summed E-state index contributed by atoms with van der Waals surface area (Å²) >= 11 is 0. The van der Waals surface area contributed by atoms with E-state index in [-0.39, 0.29) is 5.92 Å². The summed E-state index contributed by atoms with van der Waals surface area (Å²) < 4.78 is 0. The number of nitrogens with zero attached hydrogens (tertiary/aromatic N) is 3. The van der Waals surface area contributed by atoms with Gasteiger partial charge in [0, 0.05) is 11.9 Å². The van der Waals surface area contributed by atoms with Gasteiger partial charge in [0.1, 0.15) is 12.5 Å². The number of hydrogen-bond donors (Lipinski definition) is 1. The topological polar surface area (TPSA) is 63.1 Å². The number of amidine groups is 1. The van der Waals surface area contributed by atoms with Crippen LogP contribution in [0.3, 0.4) is 0 Å². The van der Waals surface area contributed by atoms with E-state index in [1.807, 2.05) is 6.21 Å². The molecule has 2 heterocycles. The molecule has 2 aliphatic rings. The van der Waals surface area contributed by atoms with Gasteiger partial charge < -0.3 is 5.73 Å². The minimum Gasteiger partial charge on any atom is -0.387 e. The first-order valence-electron chi connectivity index (χ1n) is 3.69. The fourth-order valence-corrected chi connectivity index (χ4v) is 1.35.